The predicted octanol–water partition coefficient (Wildman–Crippen LogP) is 21.5. The quantitative estimate of drug-likeness (QED) is 0.0489. The minimum absolute atomic E-state index is 0.770. The van der Waals surface area contributed by atoms with Crippen LogP contribution in [0.15, 0.2) is 36.4 Å². The fourth-order valence-corrected chi connectivity index (χ4v) is 11.1. The smallest absolute Gasteiger partial charge is 0.161 e. The summed E-state index contributed by atoms with van der Waals surface area (Å²) in [6, 6.07) is 13.6. The van der Waals surface area contributed by atoms with Gasteiger partial charge in [0, 0.05) is 24.0 Å². The van der Waals surface area contributed by atoms with Crippen molar-refractivity contribution in [3.63, 3.8) is 0 Å². The Bertz CT molecular complexity index is 1460. The van der Waals surface area contributed by atoms with E-state index < -0.39 is 0 Å². The Hall–Kier alpha value is -2.44. The number of ether oxygens (including phenoxy) is 4. The van der Waals surface area contributed by atoms with Gasteiger partial charge in [-0.15, -0.1) is 0 Å². The van der Waals surface area contributed by atoms with E-state index in [1.54, 1.807) is 0 Å². The zero-order valence-electron chi connectivity index (χ0n) is 52.3. The van der Waals surface area contributed by atoms with Gasteiger partial charge in [-0.3, -0.25) is 0 Å². The first-order valence-corrected chi connectivity index (χ1v) is 33.5. The van der Waals surface area contributed by atoms with Gasteiger partial charge in [0.25, 0.3) is 0 Å². The second kappa shape index (κ2) is 48.5. The number of nitrogens with zero attached hydrogens (tertiary/aromatic N) is 2. The summed E-state index contributed by atoms with van der Waals surface area (Å²) in [6.45, 7) is 16.6. The lowest BCUT2D eigenvalue weighted by atomic mass is 10.1. The van der Waals surface area contributed by atoms with Gasteiger partial charge in [-0.2, -0.15) is 0 Å². The molecule has 0 fully saturated rings. The fourth-order valence-electron chi connectivity index (χ4n) is 11.1. The van der Waals surface area contributed by atoms with Crippen LogP contribution in [0.1, 0.15) is 308 Å². The van der Waals surface area contributed by atoms with Gasteiger partial charge in [0.05, 0.1) is 67.7 Å². The highest BCUT2D eigenvalue weighted by molar-refractivity contribution is 5.43. The number of unbranched alkanes of at least 4 members (excludes halogenated alkanes) is 37. The predicted molar refractivity (Wildman–Crippen MR) is 333 cm³/mol. The summed E-state index contributed by atoms with van der Waals surface area (Å²) < 4.78 is 28.0. The molecule has 2 aromatic carbocycles. The largest absolute Gasteiger partial charge is 0.490 e. The summed E-state index contributed by atoms with van der Waals surface area (Å²) in [4.78, 5) is 0. The first-order chi connectivity index (χ1) is 37.1. The second-order valence-corrected chi connectivity index (χ2v) is 25.0. The molecule has 442 valence electrons. The summed E-state index contributed by atoms with van der Waals surface area (Å²) in [5, 5.41) is 0. The van der Waals surface area contributed by atoms with E-state index in [1.807, 2.05) is 0 Å². The van der Waals surface area contributed by atoms with Crippen LogP contribution in [-0.4, -0.2) is 76.7 Å². The van der Waals surface area contributed by atoms with Gasteiger partial charge in [-0.05, 0) is 62.1 Å². The number of hydrogen-bond acceptors (Lipinski definition) is 4. The molecule has 0 aromatic heterocycles. The van der Waals surface area contributed by atoms with Gasteiger partial charge in [0.1, 0.15) is 13.1 Å². The first-order valence-electron chi connectivity index (χ1n) is 33.5. The van der Waals surface area contributed by atoms with Crippen molar-refractivity contribution >= 4 is 0 Å². The monoisotopic (exact) mass is 1060 g/mol. The lowest BCUT2D eigenvalue weighted by Gasteiger charge is -2.32. The number of rotatable bonds is 57. The molecule has 0 aliphatic heterocycles. The third-order valence-electron chi connectivity index (χ3n) is 16.0. The lowest BCUT2D eigenvalue weighted by molar-refractivity contribution is -0.910. The van der Waals surface area contributed by atoms with Crippen LogP contribution in [0.5, 0.6) is 23.0 Å². The maximum absolute atomic E-state index is 6.56. The Kier molecular flexibility index (Phi) is 44.4. The average molecular weight is 1060 g/mol. The third kappa shape index (κ3) is 39.8. The van der Waals surface area contributed by atoms with Gasteiger partial charge in [-0.25, -0.2) is 0 Å². The Morgan fingerprint density at radius 1 is 0.250 bits per heavy atom. The van der Waals surface area contributed by atoms with Crippen molar-refractivity contribution in [2.45, 2.75) is 310 Å². The normalized spacial score (nSPS) is 11.9. The van der Waals surface area contributed by atoms with E-state index in [9.17, 15) is 0 Å². The van der Waals surface area contributed by atoms with Crippen LogP contribution in [0.4, 0.5) is 0 Å². The van der Waals surface area contributed by atoms with E-state index in [1.165, 1.54) is 255 Å². The lowest BCUT2D eigenvalue weighted by Crippen LogP contribution is -2.42. The minimum Gasteiger partial charge on any atom is -0.490 e. The zero-order valence-corrected chi connectivity index (χ0v) is 52.3. The molecular formula is C70H130N2O4+2. The van der Waals surface area contributed by atoms with Crippen molar-refractivity contribution in [3.8, 4) is 23.0 Å². The summed E-state index contributed by atoms with van der Waals surface area (Å²) >= 11 is 0. The van der Waals surface area contributed by atoms with Crippen LogP contribution in [0, 0.1) is 0 Å². The molecule has 0 atom stereocenters. The van der Waals surface area contributed by atoms with E-state index >= 15 is 0 Å². The van der Waals surface area contributed by atoms with Crippen LogP contribution in [0.25, 0.3) is 0 Å². The maximum Gasteiger partial charge on any atom is 0.161 e. The molecule has 76 heavy (non-hydrogen) atoms. The topological polar surface area (TPSA) is 36.9 Å². The van der Waals surface area contributed by atoms with E-state index in [2.05, 4.69) is 92.3 Å². The van der Waals surface area contributed by atoms with E-state index in [-0.39, 0.29) is 0 Å². The molecule has 6 heteroatoms. The first kappa shape index (κ1) is 69.7. The molecule has 2 aromatic rings. The highest BCUT2D eigenvalue weighted by atomic mass is 16.5. The van der Waals surface area contributed by atoms with Crippen molar-refractivity contribution in [1.82, 2.24) is 0 Å². The Morgan fingerprint density at radius 3 is 0.697 bits per heavy atom. The molecule has 0 spiro atoms. The molecule has 6 nitrogen and oxygen atoms in total. The molecule has 0 radical (unpaired) electrons. The van der Waals surface area contributed by atoms with Crippen molar-refractivity contribution in [2.24, 2.45) is 0 Å². The van der Waals surface area contributed by atoms with Crippen LogP contribution in [-0.2, 0) is 13.1 Å². The number of quaternary nitrogens is 2. The number of hydrogen-bond donors (Lipinski definition) is 0. The zero-order chi connectivity index (χ0) is 54.9. The van der Waals surface area contributed by atoms with E-state index in [4.69, 9.17) is 18.9 Å². The van der Waals surface area contributed by atoms with Crippen LogP contribution in [0.2, 0.25) is 0 Å². The molecule has 0 aliphatic rings. The molecule has 0 unspecified atom stereocenters. The van der Waals surface area contributed by atoms with Crippen molar-refractivity contribution in [2.75, 3.05) is 67.7 Å². The fraction of sp³-hybridized carbons (Fsp3) is 0.829. The minimum atomic E-state index is 0.770. The summed E-state index contributed by atoms with van der Waals surface area (Å²) in [5.74, 6) is 3.74. The molecular weight excluding hydrogens is 933 g/mol. The Balaban J connectivity index is 1.92. The number of benzene rings is 2. The SMILES string of the molecule is CCCCCCCCCCCCOc1ccc(C[N+](C)(C)CCCC[N+](C)(C)Cc2ccc(OCCCCCCCCCCCC)c(OCCCCCCCCCCCC)c2)cc1OCCCCCCCCCCCC. The van der Waals surface area contributed by atoms with Gasteiger partial charge in [-0.1, -0.05) is 259 Å². The summed E-state index contributed by atoms with van der Waals surface area (Å²) in [6.07, 6.45) is 55.9. The van der Waals surface area contributed by atoms with Gasteiger partial charge >= 0.3 is 0 Å². The average Bonchev–Trinajstić information content (AvgIpc) is 3.40. The third-order valence-corrected chi connectivity index (χ3v) is 16.0. The highest BCUT2D eigenvalue weighted by Gasteiger charge is 2.21. The van der Waals surface area contributed by atoms with E-state index in [0.717, 1.165) is 110 Å². The van der Waals surface area contributed by atoms with E-state index in [0.29, 0.717) is 0 Å². The van der Waals surface area contributed by atoms with Crippen LogP contribution < -0.4 is 18.9 Å². The summed E-state index contributed by atoms with van der Waals surface area (Å²) in [5.41, 5.74) is 2.68. The van der Waals surface area contributed by atoms with Crippen molar-refractivity contribution in [3.05, 3.63) is 47.5 Å². The molecule has 0 amide bonds. The molecule has 0 N–H and O–H groups in total. The molecule has 0 heterocycles. The highest BCUT2D eigenvalue weighted by Crippen LogP contribution is 2.32. The molecule has 2 rings (SSSR count). The van der Waals surface area contributed by atoms with Crippen molar-refractivity contribution < 1.29 is 27.9 Å². The standard InChI is InChI=1S/C70H130N2O4/c1-9-13-17-21-25-29-33-37-41-47-57-73-67-53-51-65(61-69(67)75-59-49-43-39-35-31-27-23-19-15-11-3)63-71(5,6)55-45-46-56-72(7,8)64-66-52-54-68(74-58-48-42-38-34-30-26-22-18-14-10-2)70(62-66)76-60-50-44-40-36-32-28-24-20-16-12-4/h51-54,61-62H,9-50,55-60,63-64H2,1-8H3/q+2. The van der Waals surface area contributed by atoms with Gasteiger partial charge in [0.15, 0.2) is 23.0 Å². The van der Waals surface area contributed by atoms with Crippen molar-refractivity contribution in [1.29, 1.82) is 0 Å². The Labute approximate surface area is 474 Å². The molecule has 0 bridgehead atoms. The molecule has 0 saturated carbocycles. The van der Waals surface area contributed by atoms with Gasteiger partial charge in [0.2, 0.25) is 0 Å². The van der Waals surface area contributed by atoms with Crippen LogP contribution >= 0.6 is 0 Å². The Morgan fingerprint density at radius 2 is 0.461 bits per heavy atom. The van der Waals surface area contributed by atoms with Gasteiger partial charge < -0.3 is 27.9 Å². The molecule has 0 saturated heterocycles. The van der Waals surface area contributed by atoms with Crippen LogP contribution in [0.3, 0.4) is 0 Å². The molecule has 0 aliphatic carbocycles. The maximum atomic E-state index is 6.56. The summed E-state index contributed by atoms with van der Waals surface area (Å²) in [7, 11) is 9.60. The second-order valence-electron chi connectivity index (χ2n) is 25.0.